The van der Waals surface area contributed by atoms with E-state index in [2.05, 4.69) is 26.2 Å². The summed E-state index contributed by atoms with van der Waals surface area (Å²) in [6, 6.07) is 3.35. The van der Waals surface area contributed by atoms with Crippen LogP contribution in [0.2, 0.25) is 0 Å². The van der Waals surface area contributed by atoms with Crippen molar-refractivity contribution >= 4 is 58.9 Å². The molecule has 9 N–H and O–H groups in total. The van der Waals surface area contributed by atoms with Gasteiger partial charge in [-0.25, -0.2) is 14.3 Å². The summed E-state index contributed by atoms with van der Waals surface area (Å²) in [5.41, 5.74) is 17.5. The molecule has 3 atom stereocenters. The Morgan fingerprint density at radius 2 is 1.92 bits per heavy atom. The largest absolute Gasteiger partial charge is 0.477 e. The number of primary amides is 2. The van der Waals surface area contributed by atoms with Crippen molar-refractivity contribution in [1.82, 2.24) is 30.4 Å². The number of carboxylic acids is 1. The number of tetrazole rings is 1. The van der Waals surface area contributed by atoms with Crippen LogP contribution in [0.4, 0.5) is 10.5 Å². The maximum atomic E-state index is 13.0. The number of nitrogens with zero attached hydrogens (tertiary/aromatic N) is 5. The molecule has 4 rings (SSSR count). The zero-order valence-corrected chi connectivity index (χ0v) is 21.8. The minimum absolute atomic E-state index is 0.0378. The van der Waals surface area contributed by atoms with Crippen LogP contribution in [0, 0.1) is 0 Å². The molecule has 0 bridgehead atoms. The van der Waals surface area contributed by atoms with Gasteiger partial charge in [0.15, 0.2) is 0 Å². The number of aryl methyl sites for hydroxylation is 1. The fourth-order valence-electron chi connectivity index (χ4n) is 3.91. The number of nitrogens with two attached hydrogens (primary N) is 3. The van der Waals surface area contributed by atoms with Crippen LogP contribution in [0.3, 0.4) is 0 Å². The maximum absolute atomic E-state index is 13.0. The van der Waals surface area contributed by atoms with Crippen LogP contribution >= 0.6 is 23.5 Å². The summed E-state index contributed by atoms with van der Waals surface area (Å²) in [6.45, 7) is 0.175. The van der Waals surface area contributed by atoms with E-state index in [1.54, 1.807) is 12.1 Å². The van der Waals surface area contributed by atoms with Crippen molar-refractivity contribution in [2.45, 2.75) is 35.6 Å². The molecule has 1 fully saturated rings. The van der Waals surface area contributed by atoms with E-state index in [1.807, 2.05) is 0 Å². The number of aromatic nitrogens is 4. The zero-order valence-electron chi connectivity index (χ0n) is 20.1. The minimum atomic E-state index is -1.27. The number of rotatable bonds is 11. The molecule has 0 spiro atoms. The Hall–Kier alpha value is -4.16. The molecule has 206 valence electrons. The third-order valence-corrected chi connectivity index (χ3v) is 8.19. The number of carbonyl (C=O) groups excluding carboxylic acids is 4. The molecule has 18 heteroatoms. The maximum Gasteiger partial charge on any atom is 0.352 e. The van der Waals surface area contributed by atoms with Crippen molar-refractivity contribution in [3.05, 3.63) is 41.1 Å². The van der Waals surface area contributed by atoms with E-state index in [0.29, 0.717) is 27.7 Å². The van der Waals surface area contributed by atoms with E-state index >= 15 is 0 Å². The number of thioether (sulfide) groups is 2. The Morgan fingerprint density at radius 3 is 2.56 bits per heavy atom. The SMILES string of the molecule is NC(=O)CCn1nnnc1SCC1=C(C(=O)O)N2C(=O)C(NC(=O)C(N)c3ccc(NC(N)=O)cc3)C2SC1. The number of amides is 5. The van der Waals surface area contributed by atoms with Crippen molar-refractivity contribution < 1.29 is 29.1 Å². The summed E-state index contributed by atoms with van der Waals surface area (Å²) in [5, 5.41) is 25.9. The zero-order chi connectivity index (χ0) is 28.3. The topological polar surface area (TPSA) is 255 Å². The molecule has 1 aromatic carbocycles. The van der Waals surface area contributed by atoms with Gasteiger partial charge in [0.25, 0.3) is 5.91 Å². The lowest BCUT2D eigenvalue weighted by Crippen LogP contribution is -2.71. The molecular weight excluding hydrogens is 552 g/mol. The average molecular weight is 577 g/mol. The summed E-state index contributed by atoms with van der Waals surface area (Å²) in [4.78, 5) is 61.0. The summed E-state index contributed by atoms with van der Waals surface area (Å²) in [5.74, 6) is -2.50. The molecule has 16 nitrogen and oxygen atoms in total. The van der Waals surface area contributed by atoms with Gasteiger partial charge in [-0.05, 0) is 33.7 Å². The number of aliphatic carboxylic acids is 1. The fourth-order valence-corrected chi connectivity index (χ4v) is 6.30. The Kier molecular flexibility index (Phi) is 8.36. The Morgan fingerprint density at radius 1 is 1.21 bits per heavy atom. The van der Waals surface area contributed by atoms with Crippen LogP contribution in [0.5, 0.6) is 0 Å². The normalized spacial score (nSPS) is 19.1. The third-order valence-electron chi connectivity index (χ3n) is 5.81. The van der Waals surface area contributed by atoms with E-state index in [4.69, 9.17) is 17.2 Å². The summed E-state index contributed by atoms with van der Waals surface area (Å²) in [7, 11) is 0. The monoisotopic (exact) mass is 576 g/mol. The Bertz CT molecular complexity index is 1350. The minimum Gasteiger partial charge on any atom is -0.477 e. The number of fused-ring (bicyclic) bond motifs is 1. The molecular formula is C21H24N10O6S2. The van der Waals surface area contributed by atoms with Gasteiger partial charge < -0.3 is 32.9 Å². The molecule has 0 radical (unpaired) electrons. The Balaban J connectivity index is 1.40. The highest BCUT2D eigenvalue weighted by molar-refractivity contribution is 8.01. The first kappa shape index (κ1) is 27.9. The number of carboxylic acid groups (broad SMARTS) is 1. The van der Waals surface area contributed by atoms with Crippen LogP contribution < -0.4 is 27.8 Å². The lowest BCUT2D eigenvalue weighted by molar-refractivity contribution is -0.150. The van der Waals surface area contributed by atoms with Crippen molar-refractivity contribution in [1.29, 1.82) is 0 Å². The smallest absolute Gasteiger partial charge is 0.352 e. The summed E-state index contributed by atoms with van der Waals surface area (Å²) in [6.07, 6.45) is 0.0378. The highest BCUT2D eigenvalue weighted by atomic mass is 32.2. The average Bonchev–Trinajstić information content (AvgIpc) is 3.35. The highest BCUT2D eigenvalue weighted by Crippen LogP contribution is 2.41. The number of benzene rings is 1. The van der Waals surface area contributed by atoms with Gasteiger partial charge in [-0.1, -0.05) is 23.9 Å². The van der Waals surface area contributed by atoms with Gasteiger partial charge in [0.05, 0.1) is 6.54 Å². The molecule has 5 amide bonds. The lowest BCUT2D eigenvalue weighted by atomic mass is 10.0. The van der Waals surface area contributed by atoms with Crippen molar-refractivity contribution in [3.8, 4) is 0 Å². The van der Waals surface area contributed by atoms with Gasteiger partial charge in [0.1, 0.15) is 23.2 Å². The van der Waals surface area contributed by atoms with Crippen LogP contribution in [0.15, 0.2) is 40.7 Å². The number of β-lactam (4-membered cyclic amide) rings is 1. The van der Waals surface area contributed by atoms with Crippen LogP contribution in [-0.4, -0.2) is 82.9 Å². The highest BCUT2D eigenvalue weighted by Gasteiger charge is 2.54. The molecule has 0 saturated carbocycles. The van der Waals surface area contributed by atoms with E-state index in [-0.39, 0.29) is 24.4 Å². The van der Waals surface area contributed by atoms with E-state index in [0.717, 1.165) is 16.7 Å². The van der Waals surface area contributed by atoms with E-state index in [9.17, 15) is 29.1 Å². The summed E-state index contributed by atoms with van der Waals surface area (Å²) < 4.78 is 1.39. The molecule has 3 unspecified atom stereocenters. The molecule has 2 aliphatic rings. The number of carbonyl (C=O) groups is 5. The van der Waals surface area contributed by atoms with E-state index in [1.165, 1.54) is 28.6 Å². The first-order valence-corrected chi connectivity index (χ1v) is 13.4. The lowest BCUT2D eigenvalue weighted by Gasteiger charge is -2.49. The molecule has 0 aliphatic carbocycles. The Labute approximate surface area is 229 Å². The second-order valence-electron chi connectivity index (χ2n) is 8.43. The number of hydrogen-bond acceptors (Lipinski definition) is 11. The molecule has 1 saturated heterocycles. The van der Waals surface area contributed by atoms with Crippen LogP contribution in [0.1, 0.15) is 18.0 Å². The molecule has 2 aliphatic heterocycles. The number of hydrogen-bond donors (Lipinski definition) is 6. The molecule has 2 aromatic rings. The van der Waals surface area contributed by atoms with Crippen LogP contribution in [0.25, 0.3) is 0 Å². The first-order chi connectivity index (χ1) is 18.6. The van der Waals surface area contributed by atoms with Gasteiger partial charge >= 0.3 is 12.0 Å². The van der Waals surface area contributed by atoms with Crippen molar-refractivity contribution in [2.24, 2.45) is 17.2 Å². The van der Waals surface area contributed by atoms with E-state index < -0.39 is 47.2 Å². The van der Waals surface area contributed by atoms with Crippen molar-refractivity contribution in [2.75, 3.05) is 16.8 Å². The van der Waals surface area contributed by atoms with Gasteiger partial charge in [-0.2, -0.15) is 0 Å². The standard InChI is InChI=1S/C21H24N10O6S2/c22-12(32)5-6-30-21(27-28-29-30)39-8-10-7-38-18-14(17(34)31(18)15(10)19(35)36)26-16(33)13(23)9-1-3-11(4-2-9)25-20(24)37/h1-4,13-14,18H,5-8,23H2,(H2,22,32)(H,26,33)(H,35,36)(H3,24,25,37). The van der Waals surface area contributed by atoms with Gasteiger partial charge in [0, 0.05) is 23.6 Å². The van der Waals surface area contributed by atoms with Gasteiger partial charge in [0.2, 0.25) is 17.0 Å². The predicted molar refractivity (Wildman–Crippen MR) is 139 cm³/mol. The van der Waals surface area contributed by atoms with Gasteiger partial charge in [-0.15, -0.1) is 16.9 Å². The first-order valence-electron chi connectivity index (χ1n) is 11.4. The molecule has 1 aromatic heterocycles. The predicted octanol–water partition coefficient (Wildman–Crippen LogP) is -1.43. The third kappa shape index (κ3) is 6.13. The van der Waals surface area contributed by atoms with Gasteiger partial charge in [-0.3, -0.25) is 19.3 Å². The number of anilines is 1. The van der Waals surface area contributed by atoms with Crippen molar-refractivity contribution in [3.63, 3.8) is 0 Å². The number of urea groups is 1. The second-order valence-corrected chi connectivity index (χ2v) is 10.5. The summed E-state index contributed by atoms with van der Waals surface area (Å²) >= 11 is 2.47. The second kappa shape index (κ2) is 11.7. The fraction of sp³-hybridized carbons (Fsp3) is 0.333. The molecule has 39 heavy (non-hydrogen) atoms. The quantitative estimate of drug-likeness (QED) is 0.133. The van der Waals surface area contributed by atoms with Crippen LogP contribution in [-0.2, 0) is 25.7 Å². The molecule has 3 heterocycles. The number of nitrogens with one attached hydrogen (secondary N) is 2.